The van der Waals surface area contributed by atoms with E-state index in [9.17, 15) is 4.79 Å². The van der Waals surface area contributed by atoms with E-state index in [1.54, 1.807) is 0 Å². The van der Waals surface area contributed by atoms with Crippen LogP contribution in [-0.2, 0) is 16.1 Å². The first-order chi connectivity index (χ1) is 11.3. The Labute approximate surface area is 145 Å². The number of amides is 1. The summed E-state index contributed by atoms with van der Waals surface area (Å²) in [5.74, 6) is 0.908. The van der Waals surface area contributed by atoms with E-state index in [1.807, 2.05) is 38.1 Å². The molecule has 1 atom stereocenters. The van der Waals surface area contributed by atoms with Gasteiger partial charge < -0.3 is 20.1 Å². The maximum absolute atomic E-state index is 12.1. The molecule has 1 fully saturated rings. The first kappa shape index (κ1) is 18.7. The number of carbonyl (C=O) groups excluding carboxylic acids is 1. The Morgan fingerprint density at radius 3 is 2.67 bits per heavy atom. The van der Waals surface area contributed by atoms with E-state index in [-0.39, 0.29) is 23.7 Å². The zero-order valence-electron chi connectivity index (χ0n) is 15.2. The highest BCUT2D eigenvalue weighted by atomic mass is 16.5. The summed E-state index contributed by atoms with van der Waals surface area (Å²) in [5.41, 5.74) is 0.981. The lowest BCUT2D eigenvalue weighted by Crippen LogP contribution is -2.47. The van der Waals surface area contributed by atoms with Crippen molar-refractivity contribution >= 4 is 5.91 Å². The van der Waals surface area contributed by atoms with Crippen molar-refractivity contribution in [2.45, 2.75) is 64.8 Å². The molecule has 1 unspecified atom stereocenters. The molecule has 134 valence electrons. The highest BCUT2D eigenvalue weighted by Crippen LogP contribution is 2.23. The molecular weight excluding hydrogens is 304 g/mol. The summed E-state index contributed by atoms with van der Waals surface area (Å²) < 4.78 is 11.3. The molecule has 0 radical (unpaired) electrons. The van der Waals surface area contributed by atoms with Gasteiger partial charge in [0, 0.05) is 19.2 Å². The van der Waals surface area contributed by atoms with Gasteiger partial charge in [-0.15, -0.1) is 0 Å². The SMILES string of the molecule is CC(C)Oc1ccc(CNCC(=O)NC2CCOC(C)(C)C2)cc1. The molecule has 1 saturated heterocycles. The van der Waals surface area contributed by atoms with Gasteiger partial charge in [-0.05, 0) is 58.2 Å². The molecule has 1 aliphatic heterocycles. The van der Waals surface area contributed by atoms with E-state index in [1.165, 1.54) is 0 Å². The summed E-state index contributed by atoms with van der Waals surface area (Å²) in [7, 11) is 0. The van der Waals surface area contributed by atoms with Crippen LogP contribution >= 0.6 is 0 Å². The number of hydrogen-bond acceptors (Lipinski definition) is 4. The molecule has 5 heteroatoms. The Kier molecular flexibility index (Phi) is 6.63. The second kappa shape index (κ2) is 8.49. The van der Waals surface area contributed by atoms with Gasteiger partial charge in [-0.2, -0.15) is 0 Å². The summed E-state index contributed by atoms with van der Waals surface area (Å²) in [6.45, 7) is 9.83. The van der Waals surface area contributed by atoms with Gasteiger partial charge in [0.2, 0.25) is 5.91 Å². The summed E-state index contributed by atoms with van der Waals surface area (Å²) in [4.78, 5) is 12.1. The monoisotopic (exact) mass is 334 g/mol. The van der Waals surface area contributed by atoms with Crippen LogP contribution in [0.5, 0.6) is 5.75 Å². The first-order valence-electron chi connectivity index (χ1n) is 8.74. The van der Waals surface area contributed by atoms with Crippen LogP contribution in [0, 0.1) is 0 Å². The third-order valence-corrected chi connectivity index (χ3v) is 3.97. The summed E-state index contributed by atoms with van der Waals surface area (Å²) in [6.07, 6.45) is 1.91. The molecule has 24 heavy (non-hydrogen) atoms. The molecule has 1 aromatic carbocycles. The van der Waals surface area contributed by atoms with Gasteiger partial charge in [0.05, 0.1) is 18.2 Å². The average Bonchev–Trinajstić information content (AvgIpc) is 2.47. The number of hydrogen-bond donors (Lipinski definition) is 2. The van der Waals surface area contributed by atoms with E-state index >= 15 is 0 Å². The third kappa shape index (κ3) is 6.49. The lowest BCUT2D eigenvalue weighted by molar-refractivity contribution is -0.123. The van der Waals surface area contributed by atoms with Gasteiger partial charge in [0.25, 0.3) is 0 Å². The molecule has 1 heterocycles. The maximum Gasteiger partial charge on any atom is 0.234 e. The van der Waals surface area contributed by atoms with Crippen LogP contribution in [0.3, 0.4) is 0 Å². The van der Waals surface area contributed by atoms with Crippen molar-refractivity contribution in [3.8, 4) is 5.75 Å². The zero-order chi connectivity index (χ0) is 17.6. The lowest BCUT2D eigenvalue weighted by atomic mass is 9.94. The Balaban J connectivity index is 1.69. The van der Waals surface area contributed by atoms with Crippen molar-refractivity contribution in [3.63, 3.8) is 0 Å². The van der Waals surface area contributed by atoms with Crippen molar-refractivity contribution in [2.75, 3.05) is 13.2 Å². The minimum Gasteiger partial charge on any atom is -0.491 e. The predicted octanol–water partition coefficient (Wildman–Crippen LogP) is 2.64. The van der Waals surface area contributed by atoms with E-state index in [0.29, 0.717) is 19.7 Å². The molecule has 2 N–H and O–H groups in total. The number of rotatable bonds is 7. The number of benzene rings is 1. The number of carbonyl (C=O) groups is 1. The van der Waals surface area contributed by atoms with E-state index < -0.39 is 0 Å². The predicted molar refractivity (Wildman–Crippen MR) is 95.1 cm³/mol. The van der Waals surface area contributed by atoms with Crippen LogP contribution in [0.15, 0.2) is 24.3 Å². The smallest absolute Gasteiger partial charge is 0.234 e. The Morgan fingerprint density at radius 2 is 2.04 bits per heavy atom. The fourth-order valence-corrected chi connectivity index (χ4v) is 2.91. The van der Waals surface area contributed by atoms with Gasteiger partial charge in [-0.3, -0.25) is 4.79 Å². The molecule has 0 aliphatic carbocycles. The normalized spacial score (nSPS) is 20.0. The molecule has 2 rings (SSSR count). The standard InChI is InChI=1S/C19H30N2O3/c1-14(2)24-17-7-5-15(6-8-17)12-20-13-18(22)21-16-9-10-23-19(3,4)11-16/h5-8,14,16,20H,9-13H2,1-4H3,(H,21,22). The highest BCUT2D eigenvalue weighted by molar-refractivity contribution is 5.78. The zero-order valence-corrected chi connectivity index (χ0v) is 15.2. The van der Waals surface area contributed by atoms with Gasteiger partial charge in [-0.25, -0.2) is 0 Å². The molecule has 1 amide bonds. The summed E-state index contributed by atoms with van der Waals surface area (Å²) in [5, 5.41) is 6.28. The second-order valence-corrected chi connectivity index (χ2v) is 7.28. The Hall–Kier alpha value is -1.59. The molecule has 0 saturated carbocycles. The molecular formula is C19H30N2O3. The topological polar surface area (TPSA) is 59.6 Å². The van der Waals surface area contributed by atoms with Crippen LogP contribution < -0.4 is 15.4 Å². The van der Waals surface area contributed by atoms with Crippen LogP contribution in [0.25, 0.3) is 0 Å². The highest BCUT2D eigenvalue weighted by Gasteiger charge is 2.29. The first-order valence-corrected chi connectivity index (χ1v) is 8.74. The Bertz CT molecular complexity index is 526. The van der Waals surface area contributed by atoms with Crippen molar-refractivity contribution < 1.29 is 14.3 Å². The number of nitrogens with one attached hydrogen (secondary N) is 2. The third-order valence-electron chi connectivity index (χ3n) is 3.97. The molecule has 5 nitrogen and oxygen atoms in total. The summed E-state index contributed by atoms with van der Waals surface area (Å²) in [6, 6.07) is 8.16. The molecule has 0 spiro atoms. The molecule has 1 aliphatic rings. The van der Waals surface area contributed by atoms with E-state index in [4.69, 9.17) is 9.47 Å². The van der Waals surface area contributed by atoms with Crippen LogP contribution in [0.2, 0.25) is 0 Å². The number of ether oxygens (including phenoxy) is 2. The van der Waals surface area contributed by atoms with Crippen molar-refractivity contribution in [1.29, 1.82) is 0 Å². The van der Waals surface area contributed by atoms with Gasteiger partial charge in [0.1, 0.15) is 5.75 Å². The minimum atomic E-state index is -0.149. The van der Waals surface area contributed by atoms with Crippen molar-refractivity contribution in [2.24, 2.45) is 0 Å². The molecule has 0 bridgehead atoms. The summed E-state index contributed by atoms with van der Waals surface area (Å²) >= 11 is 0. The minimum absolute atomic E-state index is 0.0393. The van der Waals surface area contributed by atoms with Gasteiger partial charge in [0.15, 0.2) is 0 Å². The van der Waals surface area contributed by atoms with Crippen LogP contribution in [0.1, 0.15) is 46.1 Å². The Morgan fingerprint density at radius 1 is 1.33 bits per heavy atom. The quantitative estimate of drug-likeness (QED) is 0.805. The van der Waals surface area contributed by atoms with Crippen LogP contribution in [-0.4, -0.2) is 36.8 Å². The van der Waals surface area contributed by atoms with E-state index in [0.717, 1.165) is 24.2 Å². The van der Waals surface area contributed by atoms with Gasteiger partial charge in [-0.1, -0.05) is 12.1 Å². The van der Waals surface area contributed by atoms with E-state index in [2.05, 4.69) is 24.5 Å². The fourth-order valence-electron chi connectivity index (χ4n) is 2.91. The maximum atomic E-state index is 12.1. The van der Waals surface area contributed by atoms with Gasteiger partial charge >= 0.3 is 0 Å². The fraction of sp³-hybridized carbons (Fsp3) is 0.632. The van der Waals surface area contributed by atoms with Crippen LogP contribution in [0.4, 0.5) is 0 Å². The molecule has 1 aromatic rings. The molecule has 0 aromatic heterocycles. The lowest BCUT2D eigenvalue weighted by Gasteiger charge is -2.35. The largest absolute Gasteiger partial charge is 0.491 e. The second-order valence-electron chi connectivity index (χ2n) is 7.28. The van der Waals surface area contributed by atoms with Crippen molar-refractivity contribution in [3.05, 3.63) is 29.8 Å². The average molecular weight is 334 g/mol. The van der Waals surface area contributed by atoms with Crippen molar-refractivity contribution in [1.82, 2.24) is 10.6 Å².